The van der Waals surface area contributed by atoms with Crippen molar-refractivity contribution in [3.63, 3.8) is 0 Å². The summed E-state index contributed by atoms with van der Waals surface area (Å²) in [5.74, 6) is -3.71. The zero-order valence-electron chi connectivity index (χ0n) is 13.8. The number of hydrogen-bond donors (Lipinski definition) is 2. The Labute approximate surface area is 148 Å². The van der Waals surface area contributed by atoms with E-state index in [1.165, 1.54) is 24.3 Å². The number of aliphatic hydroxyl groups is 1. The molecule has 3 atom stereocenters. The van der Waals surface area contributed by atoms with Crippen LogP contribution in [0.2, 0.25) is 0 Å². The van der Waals surface area contributed by atoms with Crippen molar-refractivity contribution in [3.8, 4) is 0 Å². The van der Waals surface area contributed by atoms with Gasteiger partial charge in [-0.3, -0.25) is 0 Å². The molecule has 1 heterocycles. The van der Waals surface area contributed by atoms with Crippen LogP contribution in [-0.4, -0.2) is 39.9 Å². The van der Waals surface area contributed by atoms with Gasteiger partial charge in [-0.1, -0.05) is 24.3 Å². The lowest BCUT2D eigenvalue weighted by molar-refractivity contribution is 0.0575. The fourth-order valence-corrected chi connectivity index (χ4v) is 3.60. The highest BCUT2D eigenvalue weighted by atomic mass is 19.2. The number of rotatable bonds is 4. The Hall–Kier alpha value is -2.54. The Morgan fingerprint density at radius 1 is 1.12 bits per heavy atom. The summed E-state index contributed by atoms with van der Waals surface area (Å²) < 4.78 is 41.5. The van der Waals surface area contributed by atoms with Gasteiger partial charge in [-0.05, 0) is 36.6 Å². The van der Waals surface area contributed by atoms with E-state index in [9.17, 15) is 28.2 Å². The lowest BCUT2D eigenvalue weighted by Gasteiger charge is -2.32. The van der Waals surface area contributed by atoms with Crippen LogP contribution in [0.5, 0.6) is 0 Å². The largest absolute Gasteiger partial charge is 0.465 e. The summed E-state index contributed by atoms with van der Waals surface area (Å²) in [5, 5.41) is 20.3. The number of nitrogens with zero attached hydrogens (tertiary/aromatic N) is 1. The van der Waals surface area contributed by atoms with Crippen LogP contribution in [0.4, 0.5) is 18.0 Å². The Balaban J connectivity index is 2.07. The number of hydrogen-bond acceptors (Lipinski definition) is 2. The van der Waals surface area contributed by atoms with Crippen LogP contribution in [-0.2, 0) is 0 Å². The number of halogens is 3. The molecule has 138 valence electrons. The Kier molecular flexibility index (Phi) is 5.18. The standard InChI is InChI=1S/C19H18F3NO3/c20-12-8-6-11(7-9-12)16(13-3-1-4-14(21)17(13)22)18(24)15-5-2-10-23(15)19(25)26/h1,3-4,6-9,15-16,18,24H,2,5,10H2,(H,25,26)/t15?,16-,18+/m1/s1. The zero-order valence-corrected chi connectivity index (χ0v) is 13.8. The molecule has 2 N–H and O–H groups in total. The SMILES string of the molecule is O=C(O)N1CCCC1[C@H](O)[C@H](c1ccc(F)cc1)c1cccc(F)c1F. The van der Waals surface area contributed by atoms with Gasteiger partial charge in [0.25, 0.3) is 0 Å². The number of likely N-dealkylation sites (tertiary alicyclic amines) is 1. The molecule has 1 unspecified atom stereocenters. The number of benzene rings is 2. The molecule has 0 bridgehead atoms. The summed E-state index contributed by atoms with van der Waals surface area (Å²) in [7, 11) is 0. The van der Waals surface area contributed by atoms with Crippen LogP contribution < -0.4 is 0 Å². The molecule has 7 heteroatoms. The third-order valence-electron chi connectivity index (χ3n) is 4.83. The second-order valence-electron chi connectivity index (χ2n) is 6.35. The van der Waals surface area contributed by atoms with Gasteiger partial charge >= 0.3 is 6.09 Å². The average molecular weight is 365 g/mol. The van der Waals surface area contributed by atoms with Crippen LogP contribution in [0, 0.1) is 17.5 Å². The Bertz CT molecular complexity index is 797. The van der Waals surface area contributed by atoms with E-state index in [0.717, 1.165) is 23.1 Å². The van der Waals surface area contributed by atoms with Gasteiger partial charge in [0.2, 0.25) is 0 Å². The van der Waals surface area contributed by atoms with Crippen molar-refractivity contribution in [3.05, 3.63) is 71.0 Å². The van der Waals surface area contributed by atoms with Gasteiger partial charge in [-0.15, -0.1) is 0 Å². The molecule has 0 spiro atoms. The zero-order chi connectivity index (χ0) is 18.8. The van der Waals surface area contributed by atoms with Crippen molar-refractivity contribution >= 4 is 6.09 Å². The van der Waals surface area contributed by atoms with Gasteiger partial charge in [0.1, 0.15) is 5.82 Å². The molecule has 2 aromatic rings. The summed E-state index contributed by atoms with van der Waals surface area (Å²) >= 11 is 0. The van der Waals surface area contributed by atoms with Crippen LogP contribution in [0.15, 0.2) is 42.5 Å². The molecule has 0 radical (unpaired) electrons. The van der Waals surface area contributed by atoms with Gasteiger partial charge < -0.3 is 15.1 Å². The molecule has 1 aliphatic rings. The van der Waals surface area contributed by atoms with E-state index in [2.05, 4.69) is 0 Å². The average Bonchev–Trinajstić information content (AvgIpc) is 3.10. The molecule has 4 nitrogen and oxygen atoms in total. The normalized spacial score (nSPS) is 19.4. The quantitative estimate of drug-likeness (QED) is 0.868. The molecule has 0 aliphatic carbocycles. The fourth-order valence-electron chi connectivity index (χ4n) is 3.60. The first kappa shape index (κ1) is 18.3. The van der Waals surface area contributed by atoms with Crippen molar-refractivity contribution < 1.29 is 28.2 Å². The number of amides is 1. The number of aliphatic hydroxyl groups excluding tert-OH is 1. The highest BCUT2D eigenvalue weighted by molar-refractivity contribution is 5.66. The second kappa shape index (κ2) is 7.37. The lowest BCUT2D eigenvalue weighted by atomic mass is 9.82. The Morgan fingerprint density at radius 3 is 2.46 bits per heavy atom. The maximum absolute atomic E-state index is 14.4. The van der Waals surface area contributed by atoms with Crippen molar-refractivity contribution in [2.24, 2.45) is 0 Å². The van der Waals surface area contributed by atoms with E-state index in [1.54, 1.807) is 0 Å². The summed E-state index contributed by atoms with van der Waals surface area (Å²) in [5.41, 5.74) is 0.280. The van der Waals surface area contributed by atoms with E-state index in [4.69, 9.17) is 0 Å². The summed E-state index contributed by atoms with van der Waals surface area (Å²) in [4.78, 5) is 12.5. The van der Waals surface area contributed by atoms with Crippen LogP contribution >= 0.6 is 0 Å². The van der Waals surface area contributed by atoms with E-state index in [0.29, 0.717) is 18.4 Å². The molecule has 0 aromatic heterocycles. The highest BCUT2D eigenvalue weighted by Gasteiger charge is 2.40. The lowest BCUT2D eigenvalue weighted by Crippen LogP contribution is -2.45. The molecule has 0 saturated carbocycles. The fraction of sp³-hybridized carbons (Fsp3) is 0.316. The highest BCUT2D eigenvalue weighted by Crippen LogP contribution is 2.36. The number of carbonyl (C=O) groups is 1. The minimum atomic E-state index is -1.31. The van der Waals surface area contributed by atoms with E-state index in [-0.39, 0.29) is 12.1 Å². The minimum Gasteiger partial charge on any atom is -0.465 e. The molecule has 1 aliphatic heterocycles. The first-order valence-electron chi connectivity index (χ1n) is 8.27. The maximum Gasteiger partial charge on any atom is 0.407 e. The minimum absolute atomic E-state index is 0.0960. The molecular weight excluding hydrogens is 347 g/mol. The third kappa shape index (κ3) is 3.39. The van der Waals surface area contributed by atoms with Crippen LogP contribution in [0.1, 0.15) is 29.9 Å². The maximum atomic E-state index is 14.4. The van der Waals surface area contributed by atoms with Gasteiger partial charge in [-0.25, -0.2) is 18.0 Å². The summed E-state index contributed by atoms with van der Waals surface area (Å²) in [6, 6.07) is 7.96. The Morgan fingerprint density at radius 2 is 1.81 bits per heavy atom. The van der Waals surface area contributed by atoms with E-state index < -0.39 is 41.6 Å². The molecule has 26 heavy (non-hydrogen) atoms. The predicted molar refractivity (Wildman–Crippen MR) is 88.4 cm³/mol. The molecule has 2 aromatic carbocycles. The van der Waals surface area contributed by atoms with Crippen molar-refractivity contribution in [1.82, 2.24) is 4.90 Å². The molecule has 1 amide bonds. The van der Waals surface area contributed by atoms with Crippen molar-refractivity contribution in [1.29, 1.82) is 0 Å². The topological polar surface area (TPSA) is 60.8 Å². The van der Waals surface area contributed by atoms with Gasteiger partial charge in [0.05, 0.1) is 12.1 Å². The van der Waals surface area contributed by atoms with Crippen molar-refractivity contribution in [2.45, 2.75) is 30.9 Å². The summed E-state index contributed by atoms with van der Waals surface area (Å²) in [6.45, 7) is 0.263. The third-order valence-corrected chi connectivity index (χ3v) is 4.83. The van der Waals surface area contributed by atoms with Crippen LogP contribution in [0.25, 0.3) is 0 Å². The van der Waals surface area contributed by atoms with Gasteiger partial charge in [0, 0.05) is 18.0 Å². The molecule has 1 fully saturated rings. The first-order valence-corrected chi connectivity index (χ1v) is 8.27. The monoisotopic (exact) mass is 365 g/mol. The first-order chi connectivity index (χ1) is 12.4. The predicted octanol–water partition coefficient (Wildman–Crippen LogP) is 3.74. The molecule has 3 rings (SSSR count). The molecular formula is C19H18F3NO3. The number of carboxylic acid groups (broad SMARTS) is 1. The van der Waals surface area contributed by atoms with Crippen LogP contribution in [0.3, 0.4) is 0 Å². The van der Waals surface area contributed by atoms with Crippen molar-refractivity contribution in [2.75, 3.05) is 6.54 Å². The van der Waals surface area contributed by atoms with Gasteiger partial charge in [-0.2, -0.15) is 0 Å². The molecule has 1 saturated heterocycles. The smallest absolute Gasteiger partial charge is 0.407 e. The van der Waals surface area contributed by atoms with E-state index >= 15 is 0 Å². The van der Waals surface area contributed by atoms with E-state index in [1.807, 2.05) is 0 Å². The second-order valence-corrected chi connectivity index (χ2v) is 6.35. The summed E-state index contributed by atoms with van der Waals surface area (Å²) in [6.07, 6.45) is -1.52. The van der Waals surface area contributed by atoms with Gasteiger partial charge in [0.15, 0.2) is 11.6 Å².